The van der Waals surface area contributed by atoms with Crippen molar-refractivity contribution >= 4 is 0 Å². The molecule has 0 amide bonds. The summed E-state index contributed by atoms with van der Waals surface area (Å²) in [6.07, 6.45) is 5.25. The molecular formula is C10H21NO. The number of hydrogen-bond donors (Lipinski definition) is 1. The lowest BCUT2D eigenvalue weighted by molar-refractivity contribution is 0.175. The minimum atomic E-state index is 0.811. The quantitative estimate of drug-likeness (QED) is 0.630. The second-order valence-corrected chi connectivity index (χ2v) is 3.74. The average molecular weight is 171 g/mol. The van der Waals surface area contributed by atoms with Gasteiger partial charge in [0, 0.05) is 19.8 Å². The zero-order chi connectivity index (χ0) is 8.81. The van der Waals surface area contributed by atoms with Crippen LogP contribution in [0, 0.1) is 5.92 Å². The molecule has 1 N–H and O–H groups in total. The smallest absolute Gasteiger partial charge is 0.0465 e. The summed E-state index contributed by atoms with van der Waals surface area (Å²) in [5.74, 6) is 0.811. The van der Waals surface area contributed by atoms with Gasteiger partial charge in [-0.15, -0.1) is 0 Å². The normalized spacial score (nSPS) is 19.5. The molecule has 1 fully saturated rings. The maximum absolute atomic E-state index is 5.07. The van der Waals surface area contributed by atoms with E-state index >= 15 is 0 Å². The molecule has 1 aliphatic carbocycles. The third kappa shape index (κ3) is 4.07. The van der Waals surface area contributed by atoms with Crippen LogP contribution in [0.2, 0.25) is 0 Å². The van der Waals surface area contributed by atoms with Crippen LogP contribution in [0.15, 0.2) is 0 Å². The van der Waals surface area contributed by atoms with E-state index in [0.717, 1.165) is 18.6 Å². The lowest BCUT2D eigenvalue weighted by atomic mass is 10.0. The van der Waals surface area contributed by atoms with Crippen LogP contribution in [-0.4, -0.2) is 26.3 Å². The molecule has 12 heavy (non-hydrogen) atoms. The van der Waals surface area contributed by atoms with Gasteiger partial charge in [-0.1, -0.05) is 13.3 Å². The first kappa shape index (κ1) is 10.0. The van der Waals surface area contributed by atoms with Crippen LogP contribution in [-0.2, 0) is 4.74 Å². The van der Waals surface area contributed by atoms with Gasteiger partial charge >= 0.3 is 0 Å². The van der Waals surface area contributed by atoms with E-state index in [1.54, 1.807) is 7.11 Å². The van der Waals surface area contributed by atoms with Gasteiger partial charge in [0.05, 0.1) is 0 Å². The summed E-state index contributed by atoms with van der Waals surface area (Å²) < 4.78 is 5.07. The largest absolute Gasteiger partial charge is 0.385 e. The highest BCUT2D eigenvalue weighted by Crippen LogP contribution is 2.19. The molecule has 0 saturated heterocycles. The van der Waals surface area contributed by atoms with Gasteiger partial charge in [-0.05, 0) is 31.7 Å². The van der Waals surface area contributed by atoms with Crippen molar-refractivity contribution < 1.29 is 4.74 Å². The Kier molecular flexibility index (Phi) is 4.62. The lowest BCUT2D eigenvalue weighted by Crippen LogP contribution is -2.25. The summed E-state index contributed by atoms with van der Waals surface area (Å²) in [7, 11) is 1.78. The monoisotopic (exact) mass is 171 g/mol. The standard InChI is InChI=1S/C10H21NO/c1-3-9(6-7-12-2)8-11-10-4-5-10/h9-11H,3-8H2,1-2H3. The zero-order valence-electron chi connectivity index (χ0n) is 8.31. The van der Waals surface area contributed by atoms with Crippen molar-refractivity contribution in [2.45, 2.75) is 38.6 Å². The van der Waals surface area contributed by atoms with E-state index in [1.165, 1.54) is 32.2 Å². The van der Waals surface area contributed by atoms with Crippen LogP contribution >= 0.6 is 0 Å². The van der Waals surface area contributed by atoms with Gasteiger partial charge in [0.1, 0.15) is 0 Å². The minimum Gasteiger partial charge on any atom is -0.385 e. The Morgan fingerprint density at radius 3 is 2.75 bits per heavy atom. The lowest BCUT2D eigenvalue weighted by Gasteiger charge is -2.14. The van der Waals surface area contributed by atoms with Crippen molar-refractivity contribution in [1.29, 1.82) is 0 Å². The molecule has 0 heterocycles. The third-order valence-corrected chi connectivity index (χ3v) is 2.58. The summed E-state index contributed by atoms with van der Waals surface area (Å²) in [5, 5.41) is 3.56. The zero-order valence-corrected chi connectivity index (χ0v) is 8.31. The number of rotatable bonds is 7. The van der Waals surface area contributed by atoms with Gasteiger partial charge in [0.2, 0.25) is 0 Å². The van der Waals surface area contributed by atoms with E-state index in [4.69, 9.17) is 4.74 Å². The molecule has 0 aromatic carbocycles. The van der Waals surface area contributed by atoms with Crippen molar-refractivity contribution in [2.75, 3.05) is 20.3 Å². The van der Waals surface area contributed by atoms with Gasteiger partial charge in [0.25, 0.3) is 0 Å². The van der Waals surface area contributed by atoms with E-state index in [1.807, 2.05) is 0 Å². The third-order valence-electron chi connectivity index (χ3n) is 2.58. The van der Waals surface area contributed by atoms with Gasteiger partial charge in [-0.3, -0.25) is 0 Å². The van der Waals surface area contributed by atoms with E-state index in [9.17, 15) is 0 Å². The summed E-state index contributed by atoms with van der Waals surface area (Å²) in [4.78, 5) is 0. The Morgan fingerprint density at radius 1 is 1.50 bits per heavy atom. The molecule has 0 bridgehead atoms. The molecule has 2 nitrogen and oxygen atoms in total. The van der Waals surface area contributed by atoms with Crippen molar-refractivity contribution in [3.63, 3.8) is 0 Å². The molecule has 72 valence electrons. The van der Waals surface area contributed by atoms with Crippen LogP contribution in [0.5, 0.6) is 0 Å². The Balaban J connectivity index is 1.98. The summed E-state index contributed by atoms with van der Waals surface area (Å²) in [6.45, 7) is 4.35. The van der Waals surface area contributed by atoms with Crippen molar-refractivity contribution in [3.8, 4) is 0 Å². The van der Waals surface area contributed by atoms with Crippen LogP contribution in [0.1, 0.15) is 32.6 Å². The molecule has 1 unspecified atom stereocenters. The van der Waals surface area contributed by atoms with Crippen LogP contribution < -0.4 is 5.32 Å². The predicted molar refractivity (Wildman–Crippen MR) is 51.3 cm³/mol. The number of nitrogens with one attached hydrogen (secondary N) is 1. The van der Waals surface area contributed by atoms with Crippen LogP contribution in [0.4, 0.5) is 0 Å². The minimum absolute atomic E-state index is 0.811. The Bertz CT molecular complexity index is 112. The van der Waals surface area contributed by atoms with Crippen LogP contribution in [0.3, 0.4) is 0 Å². The molecular weight excluding hydrogens is 150 g/mol. The highest BCUT2D eigenvalue weighted by atomic mass is 16.5. The Labute approximate surface area is 75.7 Å². The number of methoxy groups -OCH3 is 1. The fraction of sp³-hybridized carbons (Fsp3) is 1.00. The van der Waals surface area contributed by atoms with E-state index in [-0.39, 0.29) is 0 Å². The molecule has 1 rings (SSSR count). The van der Waals surface area contributed by atoms with Crippen molar-refractivity contribution in [1.82, 2.24) is 5.32 Å². The van der Waals surface area contributed by atoms with Gasteiger partial charge < -0.3 is 10.1 Å². The van der Waals surface area contributed by atoms with E-state index in [0.29, 0.717) is 0 Å². The first-order valence-electron chi connectivity index (χ1n) is 5.09. The molecule has 1 aliphatic rings. The Morgan fingerprint density at radius 2 is 2.25 bits per heavy atom. The summed E-state index contributed by atoms with van der Waals surface area (Å²) in [6, 6.07) is 0.849. The molecule has 0 spiro atoms. The maximum Gasteiger partial charge on any atom is 0.0465 e. The topological polar surface area (TPSA) is 21.3 Å². The predicted octanol–water partition coefficient (Wildman–Crippen LogP) is 1.80. The molecule has 1 saturated carbocycles. The fourth-order valence-electron chi connectivity index (χ4n) is 1.36. The molecule has 0 aromatic heterocycles. The van der Waals surface area contributed by atoms with Crippen molar-refractivity contribution in [2.24, 2.45) is 5.92 Å². The SMILES string of the molecule is CCC(CCOC)CNC1CC1. The first-order valence-corrected chi connectivity index (χ1v) is 5.09. The highest BCUT2D eigenvalue weighted by molar-refractivity contribution is 4.81. The summed E-state index contributed by atoms with van der Waals surface area (Å²) >= 11 is 0. The van der Waals surface area contributed by atoms with Gasteiger partial charge in [-0.25, -0.2) is 0 Å². The van der Waals surface area contributed by atoms with Gasteiger partial charge in [-0.2, -0.15) is 0 Å². The van der Waals surface area contributed by atoms with Crippen molar-refractivity contribution in [3.05, 3.63) is 0 Å². The summed E-state index contributed by atoms with van der Waals surface area (Å²) in [5.41, 5.74) is 0. The molecule has 0 aliphatic heterocycles. The molecule has 2 heteroatoms. The second kappa shape index (κ2) is 5.55. The first-order chi connectivity index (χ1) is 5.86. The number of ether oxygens (including phenoxy) is 1. The highest BCUT2D eigenvalue weighted by Gasteiger charge is 2.21. The fourth-order valence-corrected chi connectivity index (χ4v) is 1.36. The van der Waals surface area contributed by atoms with Gasteiger partial charge in [0.15, 0.2) is 0 Å². The molecule has 0 radical (unpaired) electrons. The average Bonchev–Trinajstić information content (AvgIpc) is 2.89. The molecule has 1 atom stereocenters. The van der Waals surface area contributed by atoms with E-state index in [2.05, 4.69) is 12.2 Å². The van der Waals surface area contributed by atoms with Crippen LogP contribution in [0.25, 0.3) is 0 Å². The maximum atomic E-state index is 5.07. The number of hydrogen-bond acceptors (Lipinski definition) is 2. The second-order valence-electron chi connectivity index (χ2n) is 3.74. The molecule has 0 aromatic rings. The van der Waals surface area contributed by atoms with E-state index < -0.39 is 0 Å². The Hall–Kier alpha value is -0.0800.